The lowest BCUT2D eigenvalue weighted by Crippen LogP contribution is -2.17. The number of halogens is 17. The predicted molar refractivity (Wildman–Crippen MR) is 502 cm³/mol. The summed E-state index contributed by atoms with van der Waals surface area (Å²) in [7, 11) is 3.61. The average Bonchev–Trinajstić information content (AvgIpc) is 1.71. The SMILES string of the molecule is CCOC(=O)c1n[nH]nc1CSc1ccc(-c2ccc(OC(F)(F)F)c(Cl)c2)cc1.CCOC(=O)c1nnn(Cc2ccc(OC)cc2)c1CSc1ccc(-c2ccc(OC(F)(F)F)c(Cl)c2)cc1.CCOC(=O)c1nnn(Cc2ccc(OC)cc2)c1CSc1ccc(Br)cc1.O=C(O)c1n[nH]nc1CSc1ccc(-c2ccc(OC(F)(F)F)c(Cl)c2)cc1.O[B]Oc1ccc(OC(F)(F)F)c(Cl)c1. The van der Waals surface area contributed by atoms with E-state index in [4.69, 9.17) is 80.2 Å². The van der Waals surface area contributed by atoms with E-state index in [1.807, 2.05) is 121 Å². The third kappa shape index (κ3) is 34.5. The molecule has 735 valence electrons. The lowest BCUT2D eigenvalue weighted by Gasteiger charge is -2.12. The zero-order valence-electron chi connectivity index (χ0n) is 72.9. The highest BCUT2D eigenvalue weighted by atomic mass is 79.9. The lowest BCUT2D eigenvalue weighted by atomic mass is 10.1. The van der Waals surface area contributed by atoms with Crippen LogP contribution in [-0.4, -0.2) is 162 Å². The molecule has 28 nitrogen and oxygen atoms in total. The number of carbonyl (C=O) groups excluding carboxylic acids is 3. The summed E-state index contributed by atoms with van der Waals surface area (Å²) in [5.74, 6) is -1.31. The van der Waals surface area contributed by atoms with Gasteiger partial charge < -0.3 is 57.4 Å². The first-order chi connectivity index (χ1) is 66.7. The monoisotopic (exact) mass is 2160 g/mol. The van der Waals surface area contributed by atoms with Crippen molar-refractivity contribution in [2.75, 3.05) is 34.0 Å². The van der Waals surface area contributed by atoms with Crippen LogP contribution in [-0.2, 0) is 50.3 Å². The number of thioether (sulfide) groups is 4. The summed E-state index contributed by atoms with van der Waals surface area (Å²) in [5, 5.41) is 53.0. The van der Waals surface area contributed by atoms with E-state index in [0.29, 0.717) is 84.2 Å². The van der Waals surface area contributed by atoms with Crippen LogP contribution in [0.25, 0.3) is 33.4 Å². The van der Waals surface area contributed by atoms with Crippen LogP contribution in [0.2, 0.25) is 20.1 Å². The molecule has 0 aliphatic rings. The van der Waals surface area contributed by atoms with Crippen LogP contribution in [0.1, 0.15) is 96.6 Å². The molecule has 10 aromatic carbocycles. The van der Waals surface area contributed by atoms with Crippen molar-refractivity contribution in [1.82, 2.24) is 60.8 Å². The number of benzene rings is 10. The Balaban J connectivity index is 0.000000185. The molecule has 4 heterocycles. The van der Waals surface area contributed by atoms with Crippen molar-refractivity contribution in [3.05, 3.63) is 300 Å². The fourth-order valence-corrected chi connectivity index (χ4v) is 16.5. The molecule has 0 unspecified atom stereocenters. The maximum absolute atomic E-state index is 12.5. The van der Waals surface area contributed by atoms with Crippen molar-refractivity contribution in [3.63, 3.8) is 0 Å². The van der Waals surface area contributed by atoms with Crippen LogP contribution >= 0.6 is 109 Å². The number of ether oxygens (including phenoxy) is 9. The number of aromatic amines is 2. The molecule has 4 N–H and O–H groups in total. The molecule has 14 rings (SSSR count). The van der Waals surface area contributed by atoms with Gasteiger partial charge in [-0.1, -0.05) is 152 Å². The molecule has 0 aliphatic heterocycles. The zero-order valence-corrected chi connectivity index (χ0v) is 80.7. The molecule has 0 saturated heterocycles. The number of carboxylic acid groups (broad SMARTS) is 1. The van der Waals surface area contributed by atoms with Crippen LogP contribution in [0.15, 0.2) is 242 Å². The number of nitrogens with one attached hydrogen (secondary N) is 2. The van der Waals surface area contributed by atoms with Gasteiger partial charge in [-0.15, -0.1) is 120 Å². The second-order valence-electron chi connectivity index (χ2n) is 27.6. The first kappa shape index (κ1) is 109. The molecule has 0 bridgehead atoms. The average molecular weight is 2170 g/mol. The van der Waals surface area contributed by atoms with Crippen molar-refractivity contribution >= 4 is 141 Å². The second-order valence-corrected chi connectivity index (χ2v) is 34.3. The minimum absolute atomic E-state index is 0.0945. The first-order valence-corrected chi connectivity index (χ1v) is 46.5. The number of hydrogen-bond acceptors (Lipinski definition) is 27. The molecule has 0 fully saturated rings. The van der Waals surface area contributed by atoms with Crippen molar-refractivity contribution in [1.29, 1.82) is 0 Å². The van der Waals surface area contributed by atoms with Crippen LogP contribution in [0, 0.1) is 0 Å². The van der Waals surface area contributed by atoms with Crippen LogP contribution in [0.5, 0.6) is 40.2 Å². The number of esters is 3. The van der Waals surface area contributed by atoms with Gasteiger partial charge in [0, 0.05) is 53.1 Å². The molecule has 50 heteroatoms. The smallest absolute Gasteiger partial charge is 0.537 e. The largest absolute Gasteiger partial charge is 0.573 e. The molecule has 0 atom stereocenters. The van der Waals surface area contributed by atoms with Crippen molar-refractivity contribution in [2.45, 2.75) is 102 Å². The van der Waals surface area contributed by atoms with Crippen molar-refractivity contribution in [2.24, 2.45) is 0 Å². The molecule has 0 aliphatic carbocycles. The van der Waals surface area contributed by atoms with E-state index in [1.54, 1.807) is 80.4 Å². The van der Waals surface area contributed by atoms with E-state index in [9.17, 15) is 71.9 Å². The third-order valence-corrected chi connectivity index (χ3v) is 24.0. The highest BCUT2D eigenvalue weighted by molar-refractivity contribution is 9.10. The van der Waals surface area contributed by atoms with E-state index in [-0.39, 0.29) is 61.8 Å². The summed E-state index contributed by atoms with van der Waals surface area (Å²) in [6, 6.07) is 60.6. The summed E-state index contributed by atoms with van der Waals surface area (Å²) in [5.41, 5.74) is 8.79. The summed E-state index contributed by atoms with van der Waals surface area (Å²) < 4.78 is 197. The first-order valence-electron chi connectivity index (χ1n) is 40.2. The fraction of sp³-hybridized carbons (Fsp3) is 0.200. The minimum Gasteiger partial charge on any atom is -0.537 e. The van der Waals surface area contributed by atoms with Gasteiger partial charge in [0.2, 0.25) is 0 Å². The number of carboxylic acids is 1. The summed E-state index contributed by atoms with van der Waals surface area (Å²) in [6.45, 7) is 6.86. The molecule has 1 radical (unpaired) electrons. The van der Waals surface area contributed by atoms with Gasteiger partial charge >= 0.3 is 57.0 Å². The highest BCUT2D eigenvalue weighted by Crippen LogP contribution is 2.41. The topological polar surface area (TPSA) is 346 Å². The summed E-state index contributed by atoms with van der Waals surface area (Å²) >= 11 is 32.6. The van der Waals surface area contributed by atoms with Gasteiger partial charge in [0.15, 0.2) is 22.8 Å². The van der Waals surface area contributed by atoms with Gasteiger partial charge in [0.05, 0.1) is 78.6 Å². The predicted octanol–water partition coefficient (Wildman–Crippen LogP) is 24.2. The van der Waals surface area contributed by atoms with E-state index in [0.717, 1.165) is 87.3 Å². The van der Waals surface area contributed by atoms with Crippen LogP contribution in [0.3, 0.4) is 0 Å². The van der Waals surface area contributed by atoms with E-state index < -0.39 is 72.3 Å². The maximum atomic E-state index is 12.5. The van der Waals surface area contributed by atoms with E-state index in [2.05, 4.69) is 91.0 Å². The quantitative estimate of drug-likeness (QED) is 0.00957. The number of carbonyl (C=O) groups is 4. The lowest BCUT2D eigenvalue weighted by molar-refractivity contribution is -0.275. The molecule has 4 aromatic heterocycles. The number of nitrogens with zero attached hydrogens (tertiary/aromatic N) is 10. The number of aromatic carboxylic acids is 1. The van der Waals surface area contributed by atoms with Gasteiger partial charge in [0.25, 0.3) is 0 Å². The van der Waals surface area contributed by atoms with Gasteiger partial charge in [-0.3, -0.25) is 0 Å². The standard InChI is InChI=1S/C27H23ClF3N3O4S.C20H20BrN3O3S.C19H15ClF3N3O3S.C17H11ClF3N3O3S.C7H4BClF3O3/c1-3-37-26(35)25-23(34(33-32-25)15-17-4-9-20(36-2)10-5-17)16-39-21-11-6-18(7-12-21)19-8-13-24(22(28)14-19)38-27(29,30)31;1-3-27-20(25)19-18(13-28-17-10-6-15(21)7-11-17)24(23-22-19)12-14-4-8-16(26-2)9-5-14;1-2-28-18(27)17-15(24-26-25-17)10-30-13-6-3-11(4-7-13)12-5-8-16(14(20)9-12)29-19(21,22)23;18-12-7-10(3-6-14(12)27-17(19,20)21)9-1-4-11(5-2-9)28-8-13-15(16(25)26)23-24-22-13;9-5-3-4(15-8-13)1-2-6(5)14-7(10,11)12/h4-14H,3,15-16H2,1-2H3;4-11H,3,12-13H2,1-2H3;3-9H,2,10H2,1H3,(H,24,25,26);1-7H,8H2,(H,25,26)(H,22,23,24);1-3,13H. The zero-order chi connectivity index (χ0) is 101. The van der Waals surface area contributed by atoms with Crippen molar-refractivity contribution < 1.29 is 129 Å². The fourth-order valence-electron chi connectivity index (χ4n) is 11.8. The summed E-state index contributed by atoms with van der Waals surface area (Å²) in [6.07, 6.45) is -19.2. The Kier molecular flexibility index (Phi) is 40.7. The Morgan fingerprint density at radius 2 is 0.679 bits per heavy atom. The van der Waals surface area contributed by atoms with E-state index >= 15 is 0 Å². The molecule has 14 aromatic rings. The molecular formula is C90H73BBrCl4F12N12O16S4. The van der Waals surface area contributed by atoms with Gasteiger partial charge in [-0.25, -0.2) is 28.5 Å². The molecule has 140 heavy (non-hydrogen) atoms. The van der Waals surface area contributed by atoms with Gasteiger partial charge in [0.1, 0.15) is 51.6 Å². The Morgan fingerprint density at radius 1 is 0.386 bits per heavy atom. The van der Waals surface area contributed by atoms with Crippen molar-refractivity contribution in [3.8, 4) is 73.6 Å². The Morgan fingerprint density at radius 3 is 0.986 bits per heavy atom. The highest BCUT2D eigenvalue weighted by Gasteiger charge is 2.36. The Hall–Kier alpha value is -12.5. The number of H-pyrrole nitrogens is 2. The minimum atomic E-state index is -4.82. The molecular weight excluding hydrogens is 2090 g/mol. The van der Waals surface area contributed by atoms with Crippen LogP contribution < -0.4 is 33.1 Å². The summed E-state index contributed by atoms with van der Waals surface area (Å²) in [4.78, 5) is 51.4. The van der Waals surface area contributed by atoms with Crippen LogP contribution in [0.4, 0.5) is 52.7 Å². The Bertz CT molecular complexity index is 6460. The Labute approximate surface area is 834 Å². The van der Waals surface area contributed by atoms with E-state index in [1.165, 1.54) is 89.9 Å². The molecule has 0 saturated carbocycles. The second kappa shape index (κ2) is 52.1. The third-order valence-electron chi connectivity index (χ3n) is 18.2. The molecule has 0 spiro atoms. The van der Waals surface area contributed by atoms with Gasteiger partial charge in [-0.05, 0) is 199 Å². The number of alkyl halides is 12. The number of rotatable bonds is 34. The van der Waals surface area contributed by atoms with Gasteiger partial charge in [-0.2, -0.15) is 20.6 Å². The maximum Gasteiger partial charge on any atom is 0.573 e. The molecule has 0 amide bonds. The number of hydrogen-bond donors (Lipinski definition) is 4. The number of methoxy groups -OCH3 is 2. The normalized spacial score (nSPS) is 11.2. The number of aromatic nitrogens is 12.